The molecule has 8 nitrogen and oxygen atoms in total. The molecule has 1 fully saturated rings. The molecule has 188 valence electrons. The summed E-state index contributed by atoms with van der Waals surface area (Å²) in [4.78, 5) is 28.0. The van der Waals surface area contributed by atoms with Crippen molar-refractivity contribution in [3.8, 4) is 0 Å². The van der Waals surface area contributed by atoms with E-state index in [0.717, 1.165) is 42.7 Å². The van der Waals surface area contributed by atoms with Gasteiger partial charge in [-0.25, -0.2) is 8.78 Å². The maximum Gasteiger partial charge on any atom is 0.222 e. The second kappa shape index (κ2) is 11.1. The molecule has 10 heteroatoms. The number of Topliss-reactive ketones (excluding diaryl/α,β-unsaturated/α-hetero) is 1. The first kappa shape index (κ1) is 25.0. The lowest BCUT2D eigenvalue weighted by Gasteiger charge is -2.36. The molecule has 0 atom stereocenters. The van der Waals surface area contributed by atoms with Crippen LogP contribution in [0, 0.1) is 11.6 Å². The molecule has 0 saturated carbocycles. The van der Waals surface area contributed by atoms with Gasteiger partial charge >= 0.3 is 0 Å². The fraction of sp³-hybridized carbons (Fsp3) is 0.308. The van der Waals surface area contributed by atoms with Crippen LogP contribution in [-0.4, -0.2) is 53.0 Å². The van der Waals surface area contributed by atoms with Crippen LogP contribution in [0.2, 0.25) is 0 Å². The molecule has 1 aliphatic rings. The van der Waals surface area contributed by atoms with Crippen LogP contribution in [0.15, 0.2) is 48.5 Å². The van der Waals surface area contributed by atoms with Crippen LogP contribution in [0.3, 0.4) is 0 Å². The number of anilines is 4. The van der Waals surface area contributed by atoms with E-state index in [1.54, 1.807) is 6.07 Å². The van der Waals surface area contributed by atoms with E-state index >= 15 is 0 Å². The van der Waals surface area contributed by atoms with Crippen LogP contribution in [0.5, 0.6) is 0 Å². The van der Waals surface area contributed by atoms with E-state index in [2.05, 4.69) is 25.7 Å². The van der Waals surface area contributed by atoms with Gasteiger partial charge in [-0.1, -0.05) is 6.92 Å². The molecule has 1 aromatic heterocycles. The van der Waals surface area contributed by atoms with Gasteiger partial charge in [-0.05, 0) is 42.5 Å². The lowest BCUT2D eigenvalue weighted by atomic mass is 10.2. The van der Waals surface area contributed by atoms with Crippen LogP contribution in [0.1, 0.15) is 36.3 Å². The van der Waals surface area contributed by atoms with Crippen molar-refractivity contribution in [3.63, 3.8) is 0 Å². The Kier molecular flexibility index (Phi) is 7.72. The molecule has 36 heavy (non-hydrogen) atoms. The van der Waals surface area contributed by atoms with Crippen molar-refractivity contribution in [3.05, 3.63) is 71.4 Å². The number of piperazine rings is 1. The third-order valence-electron chi connectivity index (χ3n) is 6.04. The monoisotopic (exact) mass is 494 g/mol. The molecule has 4 rings (SSSR count). The summed E-state index contributed by atoms with van der Waals surface area (Å²) in [5.74, 6) is -0.828. The largest absolute Gasteiger partial charge is 0.379 e. The van der Waals surface area contributed by atoms with Gasteiger partial charge in [0.1, 0.15) is 11.6 Å². The third kappa shape index (κ3) is 5.94. The van der Waals surface area contributed by atoms with Crippen molar-refractivity contribution in [1.29, 1.82) is 0 Å². The minimum absolute atomic E-state index is 0.0270. The molecule has 0 bridgehead atoms. The maximum atomic E-state index is 14.0. The number of benzene rings is 2. The van der Waals surface area contributed by atoms with E-state index in [4.69, 9.17) is 0 Å². The van der Waals surface area contributed by atoms with Crippen molar-refractivity contribution in [1.82, 2.24) is 15.1 Å². The molecule has 0 radical (unpaired) electrons. The van der Waals surface area contributed by atoms with E-state index in [9.17, 15) is 18.4 Å². The molecule has 0 spiro atoms. The van der Waals surface area contributed by atoms with Crippen LogP contribution in [-0.2, 0) is 11.3 Å². The smallest absolute Gasteiger partial charge is 0.222 e. The fourth-order valence-corrected chi connectivity index (χ4v) is 4.06. The summed E-state index contributed by atoms with van der Waals surface area (Å²) in [7, 11) is 0. The van der Waals surface area contributed by atoms with Gasteiger partial charge in [0.15, 0.2) is 17.3 Å². The van der Waals surface area contributed by atoms with Gasteiger partial charge < -0.3 is 20.4 Å². The topological polar surface area (TPSA) is 90.5 Å². The Morgan fingerprint density at radius 3 is 2.36 bits per heavy atom. The molecule has 2 aromatic carbocycles. The lowest BCUT2D eigenvalue weighted by Crippen LogP contribution is -2.48. The number of hydrogen-bond donors (Lipinski definition) is 2. The quantitative estimate of drug-likeness (QED) is 0.450. The van der Waals surface area contributed by atoms with Crippen LogP contribution < -0.4 is 15.5 Å². The number of nitrogens with zero attached hydrogens (tertiary/aromatic N) is 4. The minimum Gasteiger partial charge on any atom is -0.379 e. The second-order valence-corrected chi connectivity index (χ2v) is 8.53. The van der Waals surface area contributed by atoms with Crippen molar-refractivity contribution >= 4 is 34.6 Å². The number of ketones is 1. The van der Waals surface area contributed by atoms with Gasteiger partial charge in [0, 0.05) is 69.1 Å². The average molecular weight is 495 g/mol. The highest BCUT2D eigenvalue weighted by Gasteiger charge is 2.20. The molecule has 0 aliphatic carbocycles. The third-order valence-corrected chi connectivity index (χ3v) is 6.04. The first-order chi connectivity index (χ1) is 17.3. The molecule has 1 aliphatic heterocycles. The zero-order chi connectivity index (χ0) is 25.7. The van der Waals surface area contributed by atoms with Crippen molar-refractivity contribution in [2.24, 2.45) is 0 Å². The minimum atomic E-state index is -0.549. The molecule has 2 N–H and O–H groups in total. The number of rotatable bonds is 8. The Morgan fingerprint density at radius 2 is 1.69 bits per heavy atom. The molecule has 0 unspecified atom stereocenters. The summed E-state index contributed by atoms with van der Waals surface area (Å²) in [6.45, 7) is 6.18. The summed E-state index contributed by atoms with van der Waals surface area (Å²) in [5.41, 5.74) is 2.42. The highest BCUT2D eigenvalue weighted by Crippen LogP contribution is 2.24. The van der Waals surface area contributed by atoms with Crippen LogP contribution in [0.4, 0.5) is 31.7 Å². The molecular weight excluding hydrogens is 466 g/mol. The number of carbonyl (C=O) groups excluding carboxylic acids is 2. The molecular formula is C26H28F2N6O2. The van der Waals surface area contributed by atoms with Gasteiger partial charge in [-0.3, -0.25) is 9.59 Å². The van der Waals surface area contributed by atoms with Gasteiger partial charge in [0.2, 0.25) is 5.91 Å². The zero-order valence-corrected chi connectivity index (χ0v) is 20.2. The molecule has 1 saturated heterocycles. The van der Waals surface area contributed by atoms with Gasteiger partial charge in [-0.2, -0.15) is 0 Å². The molecule has 3 aromatic rings. The van der Waals surface area contributed by atoms with E-state index in [1.807, 2.05) is 36.1 Å². The standard InChI is InChI=1S/C26H28F2N6O2/c1-3-25(36)34-12-10-33(11-13-34)21-7-5-20(6-8-21)30-24-15-23(26(17(2)35)32-31-24)29-16-18-14-19(27)4-9-22(18)28/h4-9,14-15H,3,10-13,16H2,1-2H3,(H2,29,30,31). The number of nitrogens with one attached hydrogen (secondary N) is 2. The van der Waals surface area contributed by atoms with E-state index in [1.165, 1.54) is 6.92 Å². The number of hydrogen-bond acceptors (Lipinski definition) is 7. The van der Waals surface area contributed by atoms with Gasteiger partial charge in [-0.15, -0.1) is 10.2 Å². The highest BCUT2D eigenvalue weighted by molar-refractivity contribution is 5.97. The number of carbonyl (C=O) groups is 2. The van der Waals surface area contributed by atoms with Gasteiger partial charge in [0.25, 0.3) is 0 Å². The number of amides is 1. The summed E-state index contributed by atoms with van der Waals surface area (Å²) in [6, 6.07) is 12.6. The van der Waals surface area contributed by atoms with Crippen LogP contribution >= 0.6 is 0 Å². The SMILES string of the molecule is CCC(=O)N1CCN(c2ccc(Nc3cc(NCc4cc(F)ccc4F)c(C(C)=O)nn3)cc2)CC1. The van der Waals surface area contributed by atoms with E-state index in [-0.39, 0.29) is 29.5 Å². The Hall–Kier alpha value is -4.08. The molecule has 2 heterocycles. The Morgan fingerprint density at radius 1 is 0.972 bits per heavy atom. The Labute approximate surface area is 208 Å². The first-order valence-electron chi connectivity index (χ1n) is 11.8. The predicted molar refractivity (Wildman–Crippen MR) is 135 cm³/mol. The normalized spacial score (nSPS) is 13.4. The fourth-order valence-electron chi connectivity index (χ4n) is 4.06. The van der Waals surface area contributed by atoms with Crippen molar-refractivity contribution in [2.75, 3.05) is 41.7 Å². The second-order valence-electron chi connectivity index (χ2n) is 8.53. The molecule has 1 amide bonds. The lowest BCUT2D eigenvalue weighted by molar-refractivity contribution is -0.131. The van der Waals surface area contributed by atoms with Crippen molar-refractivity contribution < 1.29 is 18.4 Å². The Bertz CT molecular complexity index is 1240. The predicted octanol–water partition coefficient (Wildman–Crippen LogP) is 4.37. The van der Waals surface area contributed by atoms with Gasteiger partial charge in [0.05, 0.1) is 5.69 Å². The number of aromatic nitrogens is 2. The first-order valence-corrected chi connectivity index (χ1v) is 11.8. The summed E-state index contributed by atoms with van der Waals surface area (Å²) in [5, 5.41) is 14.2. The van der Waals surface area contributed by atoms with Crippen LogP contribution in [0.25, 0.3) is 0 Å². The summed E-state index contributed by atoms with van der Waals surface area (Å²) in [6.07, 6.45) is 0.523. The summed E-state index contributed by atoms with van der Waals surface area (Å²) >= 11 is 0. The van der Waals surface area contributed by atoms with E-state index in [0.29, 0.717) is 31.0 Å². The Balaban J connectivity index is 1.43. The highest BCUT2D eigenvalue weighted by atomic mass is 19.1. The summed E-state index contributed by atoms with van der Waals surface area (Å²) < 4.78 is 27.5. The number of halogens is 2. The average Bonchev–Trinajstić information content (AvgIpc) is 2.89. The van der Waals surface area contributed by atoms with Crippen molar-refractivity contribution in [2.45, 2.75) is 26.8 Å². The maximum absolute atomic E-state index is 14.0. The zero-order valence-electron chi connectivity index (χ0n) is 20.2. The van der Waals surface area contributed by atoms with E-state index < -0.39 is 11.6 Å².